The van der Waals surface area contributed by atoms with Crippen LogP contribution in [0.2, 0.25) is 0 Å². The number of pyridine rings is 1. The van der Waals surface area contributed by atoms with Crippen LogP contribution in [0.5, 0.6) is 0 Å². The number of rotatable bonds is 3. The Bertz CT molecular complexity index is 465. The van der Waals surface area contributed by atoms with Crippen LogP contribution in [0.15, 0.2) is 30.6 Å². The van der Waals surface area contributed by atoms with Gasteiger partial charge in [0, 0.05) is 18.4 Å². The monoisotopic (exact) mass is 214 g/mol. The first-order chi connectivity index (χ1) is 7.74. The van der Waals surface area contributed by atoms with Crippen molar-refractivity contribution in [1.82, 2.24) is 15.2 Å². The van der Waals surface area contributed by atoms with Crippen LogP contribution in [0.1, 0.15) is 16.8 Å². The van der Waals surface area contributed by atoms with Crippen LogP contribution in [0.4, 0.5) is 5.82 Å². The second kappa shape index (κ2) is 4.70. The van der Waals surface area contributed by atoms with Crippen LogP contribution in [-0.2, 0) is 6.54 Å². The zero-order valence-corrected chi connectivity index (χ0v) is 9.44. The number of hydrogen-bond acceptors (Lipinski definition) is 4. The third kappa shape index (κ3) is 2.76. The number of anilines is 1. The fourth-order valence-electron chi connectivity index (χ4n) is 1.35. The Morgan fingerprint density at radius 1 is 1.19 bits per heavy atom. The molecule has 0 radical (unpaired) electrons. The Hall–Kier alpha value is -1.97. The highest BCUT2D eigenvalue weighted by Gasteiger charge is 1.96. The van der Waals surface area contributed by atoms with Gasteiger partial charge < -0.3 is 5.32 Å². The van der Waals surface area contributed by atoms with Gasteiger partial charge in [0.1, 0.15) is 5.82 Å². The molecular formula is C12H14N4. The molecule has 0 fully saturated rings. The average Bonchev–Trinajstić information content (AvgIpc) is 2.28. The van der Waals surface area contributed by atoms with Crippen LogP contribution in [0.3, 0.4) is 0 Å². The Balaban J connectivity index is 1.99. The lowest BCUT2D eigenvalue weighted by molar-refractivity contribution is 0.983. The number of aromatic nitrogens is 3. The van der Waals surface area contributed by atoms with Crippen molar-refractivity contribution in [1.29, 1.82) is 0 Å². The van der Waals surface area contributed by atoms with Gasteiger partial charge in [-0.15, -0.1) is 5.10 Å². The van der Waals surface area contributed by atoms with Crippen molar-refractivity contribution in [3.8, 4) is 0 Å². The van der Waals surface area contributed by atoms with Gasteiger partial charge in [-0.3, -0.25) is 4.98 Å². The molecule has 4 nitrogen and oxygen atoms in total. The third-order valence-corrected chi connectivity index (χ3v) is 2.24. The standard InChI is InChI=1S/C12H14N4/c1-9-5-12(16-15-6-9)14-8-11-4-3-10(2)13-7-11/h3-7H,8H2,1-2H3,(H,14,16). The van der Waals surface area contributed by atoms with Gasteiger partial charge in [0.05, 0.1) is 6.20 Å². The van der Waals surface area contributed by atoms with Crippen molar-refractivity contribution < 1.29 is 0 Å². The summed E-state index contributed by atoms with van der Waals surface area (Å²) in [5, 5.41) is 11.1. The van der Waals surface area contributed by atoms with Gasteiger partial charge in [0.15, 0.2) is 0 Å². The van der Waals surface area contributed by atoms with Crippen molar-refractivity contribution in [2.24, 2.45) is 0 Å². The molecular weight excluding hydrogens is 200 g/mol. The van der Waals surface area contributed by atoms with E-state index in [0.29, 0.717) is 6.54 Å². The highest BCUT2D eigenvalue weighted by molar-refractivity contribution is 5.36. The molecule has 0 saturated heterocycles. The number of aryl methyl sites for hydroxylation is 2. The summed E-state index contributed by atoms with van der Waals surface area (Å²) in [5.74, 6) is 0.792. The van der Waals surface area contributed by atoms with Crippen molar-refractivity contribution in [3.63, 3.8) is 0 Å². The molecule has 2 rings (SSSR count). The summed E-state index contributed by atoms with van der Waals surface area (Å²) in [7, 11) is 0. The Morgan fingerprint density at radius 3 is 2.75 bits per heavy atom. The molecule has 16 heavy (non-hydrogen) atoms. The number of nitrogens with zero attached hydrogens (tertiary/aromatic N) is 3. The van der Waals surface area contributed by atoms with E-state index < -0.39 is 0 Å². The lowest BCUT2D eigenvalue weighted by Gasteiger charge is -2.05. The van der Waals surface area contributed by atoms with E-state index in [4.69, 9.17) is 0 Å². The summed E-state index contributed by atoms with van der Waals surface area (Å²) in [4.78, 5) is 4.23. The first kappa shape index (κ1) is 10.5. The van der Waals surface area contributed by atoms with Crippen LogP contribution in [-0.4, -0.2) is 15.2 Å². The molecule has 0 amide bonds. The van der Waals surface area contributed by atoms with Crippen molar-refractivity contribution >= 4 is 5.82 Å². The summed E-state index contributed by atoms with van der Waals surface area (Å²) in [5.41, 5.74) is 3.26. The summed E-state index contributed by atoms with van der Waals surface area (Å²) in [6.07, 6.45) is 3.60. The highest BCUT2D eigenvalue weighted by Crippen LogP contribution is 2.06. The Labute approximate surface area is 94.8 Å². The van der Waals surface area contributed by atoms with E-state index in [0.717, 1.165) is 22.6 Å². The topological polar surface area (TPSA) is 50.7 Å². The normalized spacial score (nSPS) is 10.1. The van der Waals surface area contributed by atoms with E-state index in [9.17, 15) is 0 Å². The zero-order chi connectivity index (χ0) is 11.4. The maximum atomic E-state index is 4.23. The molecule has 0 unspecified atom stereocenters. The van der Waals surface area contributed by atoms with Gasteiger partial charge in [0.2, 0.25) is 0 Å². The first-order valence-electron chi connectivity index (χ1n) is 5.19. The molecule has 0 aliphatic heterocycles. The summed E-state index contributed by atoms with van der Waals surface area (Å²) >= 11 is 0. The minimum atomic E-state index is 0.714. The zero-order valence-electron chi connectivity index (χ0n) is 9.44. The van der Waals surface area contributed by atoms with E-state index in [-0.39, 0.29) is 0 Å². The predicted octanol–water partition coefficient (Wildman–Crippen LogP) is 2.10. The van der Waals surface area contributed by atoms with Gasteiger partial charge in [-0.1, -0.05) is 6.07 Å². The second-order valence-corrected chi connectivity index (χ2v) is 3.78. The molecule has 4 heteroatoms. The van der Waals surface area contributed by atoms with Gasteiger partial charge in [0.25, 0.3) is 0 Å². The first-order valence-corrected chi connectivity index (χ1v) is 5.19. The van der Waals surface area contributed by atoms with Crippen LogP contribution >= 0.6 is 0 Å². The molecule has 0 bridgehead atoms. The predicted molar refractivity (Wildman–Crippen MR) is 63.1 cm³/mol. The van der Waals surface area contributed by atoms with Crippen LogP contribution in [0, 0.1) is 13.8 Å². The molecule has 0 aliphatic carbocycles. The molecule has 2 aromatic heterocycles. The molecule has 2 heterocycles. The number of nitrogens with one attached hydrogen (secondary N) is 1. The smallest absolute Gasteiger partial charge is 0.149 e. The molecule has 82 valence electrons. The molecule has 0 spiro atoms. The van der Waals surface area contributed by atoms with Gasteiger partial charge in [-0.2, -0.15) is 5.10 Å². The quantitative estimate of drug-likeness (QED) is 0.850. The molecule has 2 aromatic rings. The Morgan fingerprint density at radius 2 is 2.06 bits per heavy atom. The summed E-state index contributed by atoms with van der Waals surface area (Å²) in [6.45, 7) is 4.68. The maximum Gasteiger partial charge on any atom is 0.149 e. The van der Waals surface area contributed by atoms with Crippen molar-refractivity contribution in [2.75, 3.05) is 5.32 Å². The van der Waals surface area contributed by atoms with Gasteiger partial charge >= 0.3 is 0 Å². The van der Waals surface area contributed by atoms with E-state index in [1.54, 1.807) is 6.20 Å². The van der Waals surface area contributed by atoms with Crippen molar-refractivity contribution in [2.45, 2.75) is 20.4 Å². The lowest BCUT2D eigenvalue weighted by atomic mass is 10.2. The molecule has 0 atom stereocenters. The van der Waals surface area contributed by atoms with Crippen LogP contribution < -0.4 is 5.32 Å². The third-order valence-electron chi connectivity index (χ3n) is 2.24. The van der Waals surface area contributed by atoms with Crippen LogP contribution in [0.25, 0.3) is 0 Å². The largest absolute Gasteiger partial charge is 0.364 e. The SMILES string of the molecule is Cc1cnnc(NCc2ccc(C)nc2)c1. The highest BCUT2D eigenvalue weighted by atomic mass is 15.2. The molecule has 0 aliphatic rings. The molecule has 0 aromatic carbocycles. The average molecular weight is 214 g/mol. The fraction of sp³-hybridized carbons (Fsp3) is 0.250. The van der Waals surface area contributed by atoms with Crippen molar-refractivity contribution in [3.05, 3.63) is 47.4 Å². The van der Waals surface area contributed by atoms with E-state index in [1.165, 1.54) is 0 Å². The van der Waals surface area contributed by atoms with Gasteiger partial charge in [-0.05, 0) is 37.1 Å². The summed E-state index contributed by atoms with van der Waals surface area (Å²) in [6, 6.07) is 6.02. The molecule has 0 saturated carbocycles. The van der Waals surface area contributed by atoms with E-state index in [1.807, 2.05) is 32.2 Å². The maximum absolute atomic E-state index is 4.23. The van der Waals surface area contributed by atoms with E-state index in [2.05, 4.69) is 26.6 Å². The molecule has 1 N–H and O–H groups in total. The van der Waals surface area contributed by atoms with E-state index >= 15 is 0 Å². The number of hydrogen-bond donors (Lipinski definition) is 1. The van der Waals surface area contributed by atoms with Gasteiger partial charge in [-0.25, -0.2) is 0 Å². The minimum Gasteiger partial charge on any atom is -0.364 e. The lowest BCUT2D eigenvalue weighted by Crippen LogP contribution is -2.03. The second-order valence-electron chi connectivity index (χ2n) is 3.78. The minimum absolute atomic E-state index is 0.714. The Kier molecular flexibility index (Phi) is 3.10. The fourth-order valence-corrected chi connectivity index (χ4v) is 1.35. The summed E-state index contributed by atoms with van der Waals surface area (Å²) < 4.78 is 0.